The van der Waals surface area contributed by atoms with E-state index in [0.29, 0.717) is 5.92 Å². The molecule has 1 aromatic carbocycles. The molecule has 0 fully saturated rings. The van der Waals surface area contributed by atoms with Crippen molar-refractivity contribution in [1.29, 1.82) is 0 Å². The Kier molecular flexibility index (Phi) is 4.03. The van der Waals surface area contributed by atoms with Crippen LogP contribution in [0.2, 0.25) is 0 Å². The maximum Gasteiger partial charge on any atom is 0.384 e. The number of carbonyl (C=O) groups is 1. The zero-order valence-corrected chi connectivity index (χ0v) is 9.89. The Morgan fingerprint density at radius 1 is 1.44 bits per heavy atom. The first-order chi connectivity index (χ1) is 7.30. The van der Waals surface area contributed by atoms with Gasteiger partial charge in [0.25, 0.3) is 0 Å². The topological polar surface area (TPSA) is 17.1 Å². The molecule has 88 valence electrons. The van der Waals surface area contributed by atoms with Gasteiger partial charge in [0.2, 0.25) is 5.78 Å². The SMILES string of the molecule is CC(C)Cc1cccc(C(=O)C(F)(F)Cl)c1. The highest BCUT2D eigenvalue weighted by Crippen LogP contribution is 2.25. The molecule has 0 aliphatic carbocycles. The minimum Gasteiger partial charge on any atom is -0.286 e. The smallest absolute Gasteiger partial charge is 0.286 e. The Hall–Kier alpha value is -0.960. The summed E-state index contributed by atoms with van der Waals surface area (Å²) in [6.45, 7) is 4.04. The first kappa shape index (κ1) is 13.1. The molecule has 0 aliphatic heterocycles. The number of ketones is 1. The number of Topliss-reactive ketones (excluding diaryl/α,β-unsaturated/α-hetero) is 1. The van der Waals surface area contributed by atoms with E-state index in [1.54, 1.807) is 6.07 Å². The van der Waals surface area contributed by atoms with Crippen LogP contribution in [0.15, 0.2) is 24.3 Å². The number of rotatable bonds is 4. The average molecular weight is 247 g/mol. The normalized spacial score (nSPS) is 11.9. The third-order valence-corrected chi connectivity index (χ3v) is 2.26. The Labute approximate surface area is 98.4 Å². The van der Waals surface area contributed by atoms with Crippen molar-refractivity contribution in [3.05, 3.63) is 35.4 Å². The second-order valence-electron chi connectivity index (χ2n) is 4.13. The van der Waals surface area contributed by atoms with E-state index in [9.17, 15) is 13.6 Å². The lowest BCUT2D eigenvalue weighted by Crippen LogP contribution is -2.21. The van der Waals surface area contributed by atoms with Crippen molar-refractivity contribution in [2.24, 2.45) is 5.92 Å². The molecular formula is C12H13ClF2O. The van der Waals surface area contributed by atoms with Crippen LogP contribution in [0.5, 0.6) is 0 Å². The van der Waals surface area contributed by atoms with Crippen LogP contribution in [-0.2, 0) is 6.42 Å². The molecule has 0 radical (unpaired) electrons. The third-order valence-electron chi connectivity index (χ3n) is 2.09. The fourth-order valence-corrected chi connectivity index (χ4v) is 1.58. The minimum absolute atomic E-state index is 0.0434. The molecule has 1 rings (SSSR count). The fraction of sp³-hybridized carbons (Fsp3) is 0.417. The maximum absolute atomic E-state index is 12.6. The van der Waals surface area contributed by atoms with E-state index < -0.39 is 11.2 Å². The summed E-state index contributed by atoms with van der Waals surface area (Å²) >= 11 is 4.69. The number of hydrogen-bond acceptors (Lipinski definition) is 1. The monoisotopic (exact) mass is 246 g/mol. The number of alkyl halides is 3. The van der Waals surface area contributed by atoms with E-state index in [1.807, 2.05) is 19.9 Å². The lowest BCUT2D eigenvalue weighted by atomic mass is 10.00. The van der Waals surface area contributed by atoms with E-state index in [1.165, 1.54) is 12.1 Å². The van der Waals surface area contributed by atoms with Crippen LogP contribution in [-0.4, -0.2) is 11.2 Å². The molecular weight excluding hydrogens is 234 g/mol. The molecule has 0 spiro atoms. The molecule has 0 N–H and O–H groups in total. The first-order valence-electron chi connectivity index (χ1n) is 5.01. The van der Waals surface area contributed by atoms with Crippen LogP contribution in [0.1, 0.15) is 29.8 Å². The first-order valence-corrected chi connectivity index (χ1v) is 5.39. The number of halogens is 3. The molecule has 1 nitrogen and oxygen atoms in total. The Bertz CT molecular complexity index is 383. The molecule has 0 heterocycles. The van der Waals surface area contributed by atoms with Crippen LogP contribution >= 0.6 is 11.6 Å². The van der Waals surface area contributed by atoms with Crippen molar-refractivity contribution in [3.63, 3.8) is 0 Å². The maximum atomic E-state index is 12.6. The molecule has 0 unspecified atom stereocenters. The van der Waals surface area contributed by atoms with Crippen molar-refractivity contribution < 1.29 is 13.6 Å². The van der Waals surface area contributed by atoms with Gasteiger partial charge in [-0.15, -0.1) is 0 Å². The van der Waals surface area contributed by atoms with E-state index in [2.05, 4.69) is 0 Å². The molecule has 0 amide bonds. The molecule has 0 aromatic heterocycles. The van der Waals surface area contributed by atoms with E-state index >= 15 is 0 Å². The third kappa shape index (κ3) is 3.56. The zero-order valence-electron chi connectivity index (χ0n) is 9.14. The van der Waals surface area contributed by atoms with E-state index in [4.69, 9.17) is 11.6 Å². The van der Waals surface area contributed by atoms with Gasteiger partial charge in [-0.2, -0.15) is 8.78 Å². The second kappa shape index (κ2) is 4.91. The summed E-state index contributed by atoms with van der Waals surface area (Å²) in [5, 5.41) is -3.82. The van der Waals surface area contributed by atoms with Crippen molar-refractivity contribution in [1.82, 2.24) is 0 Å². The summed E-state index contributed by atoms with van der Waals surface area (Å²) in [5.41, 5.74) is 0.819. The highest BCUT2D eigenvalue weighted by atomic mass is 35.5. The second-order valence-corrected chi connectivity index (χ2v) is 4.60. The Morgan fingerprint density at radius 2 is 2.06 bits per heavy atom. The lowest BCUT2D eigenvalue weighted by molar-refractivity contribution is 0.0536. The Balaban J connectivity index is 2.95. The van der Waals surface area contributed by atoms with Gasteiger partial charge in [0.15, 0.2) is 0 Å². The van der Waals surface area contributed by atoms with Crippen LogP contribution in [0.3, 0.4) is 0 Å². The zero-order chi connectivity index (χ0) is 12.3. The predicted octanol–water partition coefficient (Wildman–Crippen LogP) is 3.90. The van der Waals surface area contributed by atoms with Gasteiger partial charge in [-0.1, -0.05) is 32.0 Å². The quantitative estimate of drug-likeness (QED) is 0.582. The summed E-state index contributed by atoms with van der Waals surface area (Å²) in [4.78, 5) is 11.2. The van der Waals surface area contributed by atoms with Crippen LogP contribution in [0, 0.1) is 5.92 Å². The van der Waals surface area contributed by atoms with Gasteiger partial charge in [-0.25, -0.2) is 0 Å². The van der Waals surface area contributed by atoms with Gasteiger partial charge in [-0.05, 0) is 35.6 Å². The van der Waals surface area contributed by atoms with Gasteiger partial charge in [0.1, 0.15) is 0 Å². The van der Waals surface area contributed by atoms with Gasteiger partial charge in [-0.3, -0.25) is 4.79 Å². The number of carbonyl (C=O) groups excluding carboxylic acids is 1. The van der Waals surface area contributed by atoms with Gasteiger partial charge in [0, 0.05) is 5.56 Å². The summed E-state index contributed by atoms with van der Waals surface area (Å²) in [5.74, 6) is -0.943. The van der Waals surface area contributed by atoms with Crippen LogP contribution in [0.4, 0.5) is 8.78 Å². The van der Waals surface area contributed by atoms with Crippen LogP contribution in [0.25, 0.3) is 0 Å². The predicted molar refractivity (Wildman–Crippen MR) is 60.1 cm³/mol. The summed E-state index contributed by atoms with van der Waals surface area (Å²) in [7, 11) is 0. The molecule has 1 aromatic rings. The number of hydrogen-bond donors (Lipinski definition) is 0. The highest BCUT2D eigenvalue weighted by Gasteiger charge is 2.36. The molecule has 0 atom stereocenters. The Morgan fingerprint density at radius 3 is 2.56 bits per heavy atom. The van der Waals surface area contributed by atoms with Gasteiger partial charge < -0.3 is 0 Å². The largest absolute Gasteiger partial charge is 0.384 e. The highest BCUT2D eigenvalue weighted by molar-refractivity contribution is 6.35. The molecule has 4 heteroatoms. The summed E-state index contributed by atoms with van der Waals surface area (Å²) < 4.78 is 25.2. The number of benzene rings is 1. The molecule has 0 saturated heterocycles. The molecule has 0 aliphatic rings. The van der Waals surface area contributed by atoms with E-state index in [-0.39, 0.29) is 5.56 Å². The van der Waals surface area contributed by atoms with Gasteiger partial charge >= 0.3 is 5.38 Å². The average Bonchev–Trinajstić information content (AvgIpc) is 2.14. The van der Waals surface area contributed by atoms with Gasteiger partial charge in [0.05, 0.1) is 0 Å². The molecule has 16 heavy (non-hydrogen) atoms. The fourth-order valence-electron chi connectivity index (χ4n) is 1.47. The van der Waals surface area contributed by atoms with Crippen molar-refractivity contribution >= 4 is 17.4 Å². The van der Waals surface area contributed by atoms with Crippen molar-refractivity contribution in [3.8, 4) is 0 Å². The minimum atomic E-state index is -3.82. The van der Waals surface area contributed by atoms with Crippen molar-refractivity contribution in [2.45, 2.75) is 25.7 Å². The van der Waals surface area contributed by atoms with E-state index in [0.717, 1.165) is 12.0 Å². The summed E-state index contributed by atoms with van der Waals surface area (Å²) in [6, 6.07) is 6.22. The summed E-state index contributed by atoms with van der Waals surface area (Å²) in [6.07, 6.45) is 0.745. The lowest BCUT2D eigenvalue weighted by Gasteiger charge is -2.09. The molecule has 0 bridgehead atoms. The van der Waals surface area contributed by atoms with Crippen LogP contribution < -0.4 is 0 Å². The van der Waals surface area contributed by atoms with Crippen molar-refractivity contribution in [2.75, 3.05) is 0 Å². The molecule has 0 saturated carbocycles. The standard InChI is InChI=1S/C12H13ClF2O/c1-8(2)6-9-4-3-5-10(7-9)11(16)12(13,14)15/h3-5,7-8H,6H2,1-2H3.